The van der Waals surface area contributed by atoms with Crippen molar-refractivity contribution in [3.8, 4) is 0 Å². The number of rotatable bonds is 14. The van der Waals surface area contributed by atoms with Crippen molar-refractivity contribution in [3.63, 3.8) is 0 Å². The van der Waals surface area contributed by atoms with Gasteiger partial charge in [0.1, 0.15) is 5.78 Å². The molecule has 4 rings (SSSR count). The lowest BCUT2D eigenvalue weighted by atomic mass is 9.40. The van der Waals surface area contributed by atoms with Crippen LogP contribution in [0.15, 0.2) is 0 Å². The lowest BCUT2D eigenvalue weighted by Gasteiger charge is -2.66. The van der Waals surface area contributed by atoms with E-state index in [0.717, 1.165) is 25.7 Å². The molecule has 0 spiro atoms. The summed E-state index contributed by atoms with van der Waals surface area (Å²) < 4.78 is 0. The summed E-state index contributed by atoms with van der Waals surface area (Å²) in [4.78, 5) is 12.5. The summed E-state index contributed by atoms with van der Waals surface area (Å²) in [6, 6.07) is 0. The molecule has 4 heteroatoms. The quantitative estimate of drug-likeness (QED) is 0.220. The zero-order valence-corrected chi connectivity index (χ0v) is 25.4. The molecular formula is C33H59NO2S. The van der Waals surface area contributed by atoms with Gasteiger partial charge in [0.15, 0.2) is 0 Å². The molecule has 3 N–H and O–H groups in total. The van der Waals surface area contributed by atoms with Gasteiger partial charge in [-0.15, -0.1) is 0 Å². The maximum Gasteiger partial charge on any atom is 0.134 e. The molecule has 0 amide bonds. The van der Waals surface area contributed by atoms with E-state index in [0.29, 0.717) is 35.9 Å². The number of ketones is 1. The van der Waals surface area contributed by atoms with E-state index < -0.39 is 0 Å². The van der Waals surface area contributed by atoms with Gasteiger partial charge < -0.3 is 10.8 Å². The Balaban J connectivity index is 1.27. The summed E-state index contributed by atoms with van der Waals surface area (Å²) in [5.74, 6) is 5.73. The molecule has 4 saturated carbocycles. The van der Waals surface area contributed by atoms with Crippen molar-refractivity contribution in [3.05, 3.63) is 0 Å². The normalized spacial score (nSPS) is 41.3. The lowest BCUT2D eigenvalue weighted by Crippen LogP contribution is -2.68. The zero-order valence-electron chi connectivity index (χ0n) is 24.6. The molecule has 0 aliphatic heterocycles. The van der Waals surface area contributed by atoms with Crippen LogP contribution >= 0.6 is 11.8 Å². The van der Waals surface area contributed by atoms with Gasteiger partial charge in [-0.1, -0.05) is 78.6 Å². The van der Waals surface area contributed by atoms with Crippen LogP contribution in [0.3, 0.4) is 0 Å². The lowest BCUT2D eigenvalue weighted by molar-refractivity contribution is -0.165. The van der Waals surface area contributed by atoms with Gasteiger partial charge in [-0.05, 0) is 97.4 Å². The van der Waals surface area contributed by atoms with Gasteiger partial charge in [0.05, 0.1) is 6.10 Å². The van der Waals surface area contributed by atoms with E-state index in [1.807, 2.05) is 0 Å². The second kappa shape index (κ2) is 13.1. The van der Waals surface area contributed by atoms with Crippen LogP contribution in [0.2, 0.25) is 0 Å². The number of thioether (sulfide) groups is 1. The van der Waals surface area contributed by atoms with Gasteiger partial charge in [-0.2, -0.15) is 11.8 Å². The standard InChI is InChI=1S/C33H59NO2S/c1-4-5-21-37-22-13-11-9-7-6-8-10-12-14-25-23-31(2)28(15-16-29(31)36)27-18-20-33(34)24-26(35)17-19-32(33,3)30(25)27/h25,27-30,36H,4-24,34H2,1-3H3/t25-,27?,28?,29?,30?,31-,32?,33?/m0/s1. The molecule has 0 aromatic carbocycles. The summed E-state index contributed by atoms with van der Waals surface area (Å²) in [5, 5.41) is 11.1. The highest BCUT2D eigenvalue weighted by Gasteiger charge is 2.66. The number of aliphatic hydroxyl groups is 1. The molecule has 0 bridgehead atoms. The molecule has 0 aromatic heterocycles. The summed E-state index contributed by atoms with van der Waals surface area (Å²) in [7, 11) is 0. The second-order valence-electron chi connectivity index (χ2n) is 14.3. The largest absolute Gasteiger partial charge is 0.393 e. The van der Waals surface area contributed by atoms with Gasteiger partial charge in [-0.25, -0.2) is 0 Å². The third-order valence-electron chi connectivity index (χ3n) is 12.0. The van der Waals surface area contributed by atoms with Crippen LogP contribution in [0.4, 0.5) is 0 Å². The SMILES string of the molecule is CCCCSCCCCCCCCCC[C@H]1C[C@]2(C)C(O)CCC2C2CCC3(N)CC(=O)CCC3(C)C21. The molecular weight excluding hydrogens is 474 g/mol. The molecule has 3 nitrogen and oxygen atoms in total. The summed E-state index contributed by atoms with van der Waals surface area (Å²) in [6.45, 7) is 7.17. The number of nitrogens with two attached hydrogens (primary N) is 1. The molecule has 0 radical (unpaired) electrons. The number of unbranched alkanes of at least 4 members (excludes halogenated alkanes) is 8. The molecule has 37 heavy (non-hydrogen) atoms. The minimum atomic E-state index is -0.304. The summed E-state index contributed by atoms with van der Waals surface area (Å²) in [5.41, 5.74) is 7.03. The van der Waals surface area contributed by atoms with E-state index in [1.165, 1.54) is 101 Å². The Kier molecular flexibility index (Phi) is 10.6. The zero-order chi connectivity index (χ0) is 26.5. The van der Waals surface area contributed by atoms with Crippen molar-refractivity contribution in [2.24, 2.45) is 40.2 Å². The number of carbonyl (C=O) groups is 1. The Morgan fingerprint density at radius 2 is 1.59 bits per heavy atom. The van der Waals surface area contributed by atoms with E-state index in [1.54, 1.807) is 0 Å². The number of hydrogen-bond acceptors (Lipinski definition) is 4. The van der Waals surface area contributed by atoms with Gasteiger partial charge in [0.25, 0.3) is 0 Å². The first-order chi connectivity index (χ1) is 17.7. The molecule has 4 aliphatic carbocycles. The predicted molar refractivity (Wildman–Crippen MR) is 159 cm³/mol. The first-order valence-corrected chi connectivity index (χ1v) is 17.5. The van der Waals surface area contributed by atoms with Gasteiger partial charge in [0.2, 0.25) is 0 Å². The van der Waals surface area contributed by atoms with Crippen molar-refractivity contribution < 1.29 is 9.90 Å². The molecule has 4 aliphatic rings. The topological polar surface area (TPSA) is 63.3 Å². The van der Waals surface area contributed by atoms with Crippen molar-refractivity contribution in [2.75, 3.05) is 11.5 Å². The van der Waals surface area contributed by atoms with Crippen LogP contribution in [0, 0.1) is 34.5 Å². The summed E-state index contributed by atoms with van der Waals surface area (Å²) >= 11 is 2.15. The maximum atomic E-state index is 12.5. The maximum absolute atomic E-state index is 12.5. The first-order valence-electron chi connectivity index (χ1n) is 16.3. The van der Waals surface area contributed by atoms with Crippen LogP contribution in [-0.4, -0.2) is 34.0 Å². The second-order valence-corrected chi connectivity index (χ2v) is 15.5. The molecule has 0 heterocycles. The van der Waals surface area contributed by atoms with E-state index in [4.69, 9.17) is 5.73 Å². The number of carbonyl (C=O) groups excluding carboxylic acids is 1. The average molecular weight is 534 g/mol. The van der Waals surface area contributed by atoms with Gasteiger partial charge in [0, 0.05) is 18.4 Å². The molecule has 0 saturated heterocycles. The highest BCUT2D eigenvalue weighted by molar-refractivity contribution is 7.99. The monoisotopic (exact) mass is 533 g/mol. The Morgan fingerprint density at radius 1 is 0.919 bits per heavy atom. The number of fused-ring (bicyclic) bond motifs is 5. The van der Waals surface area contributed by atoms with Crippen LogP contribution in [0.5, 0.6) is 0 Å². The molecule has 0 aromatic rings. The van der Waals surface area contributed by atoms with Crippen LogP contribution in [0.1, 0.15) is 143 Å². The highest BCUT2D eigenvalue weighted by Crippen LogP contribution is 2.68. The van der Waals surface area contributed by atoms with Crippen molar-refractivity contribution in [1.29, 1.82) is 0 Å². The Bertz CT molecular complexity index is 744. The molecule has 6 unspecified atom stereocenters. The van der Waals surface area contributed by atoms with E-state index in [-0.39, 0.29) is 22.5 Å². The molecule has 4 fully saturated rings. The third kappa shape index (κ3) is 6.32. The molecule has 214 valence electrons. The first kappa shape index (κ1) is 29.9. The van der Waals surface area contributed by atoms with Crippen molar-refractivity contribution >= 4 is 17.5 Å². The fraction of sp³-hybridized carbons (Fsp3) is 0.970. The fourth-order valence-corrected chi connectivity index (χ4v) is 10.9. The third-order valence-corrected chi connectivity index (χ3v) is 13.2. The predicted octanol–water partition coefficient (Wildman–Crippen LogP) is 8.31. The fourth-order valence-electron chi connectivity index (χ4n) is 9.79. The number of hydrogen-bond donors (Lipinski definition) is 2. The van der Waals surface area contributed by atoms with E-state index >= 15 is 0 Å². The van der Waals surface area contributed by atoms with Crippen molar-refractivity contribution in [2.45, 2.75) is 154 Å². The Labute approximate surface area is 233 Å². The molecule has 8 atom stereocenters. The van der Waals surface area contributed by atoms with E-state index in [9.17, 15) is 9.90 Å². The highest BCUT2D eigenvalue weighted by atomic mass is 32.2. The average Bonchev–Trinajstić information content (AvgIpc) is 3.16. The van der Waals surface area contributed by atoms with Gasteiger partial charge >= 0.3 is 0 Å². The van der Waals surface area contributed by atoms with Crippen LogP contribution in [0.25, 0.3) is 0 Å². The smallest absolute Gasteiger partial charge is 0.134 e. The van der Waals surface area contributed by atoms with E-state index in [2.05, 4.69) is 32.5 Å². The summed E-state index contributed by atoms with van der Waals surface area (Å²) in [6.07, 6.45) is 22.8. The van der Waals surface area contributed by atoms with Crippen molar-refractivity contribution in [1.82, 2.24) is 0 Å². The van der Waals surface area contributed by atoms with Crippen LogP contribution < -0.4 is 5.73 Å². The minimum absolute atomic E-state index is 0.0815. The minimum Gasteiger partial charge on any atom is -0.393 e. The Hall–Kier alpha value is -0.0600. The number of aliphatic hydroxyl groups excluding tert-OH is 1. The number of Topliss-reactive ketones (excluding diaryl/α,β-unsaturated/α-hetero) is 1. The van der Waals surface area contributed by atoms with Gasteiger partial charge in [-0.3, -0.25) is 4.79 Å². The van der Waals surface area contributed by atoms with Crippen LogP contribution in [-0.2, 0) is 4.79 Å². The Morgan fingerprint density at radius 3 is 2.32 bits per heavy atom.